The molecule has 1 heterocycles. The fourth-order valence-corrected chi connectivity index (χ4v) is 2.96. The maximum Gasteiger partial charge on any atom is 0.180 e. The first-order valence-electron chi connectivity index (χ1n) is 3.97. The summed E-state index contributed by atoms with van der Waals surface area (Å²) in [5, 5.41) is 12.1. The number of anilines is 1. The summed E-state index contributed by atoms with van der Waals surface area (Å²) in [5.41, 5.74) is 6.88. The first-order chi connectivity index (χ1) is 7.08. The summed E-state index contributed by atoms with van der Waals surface area (Å²) in [6.07, 6.45) is 0. The van der Waals surface area contributed by atoms with Gasteiger partial charge in [-0.05, 0) is 28.1 Å². The molecule has 0 atom stereocenters. The highest BCUT2D eigenvalue weighted by Crippen LogP contribution is 2.38. The molecule has 0 amide bonds. The minimum atomic E-state index is 0.170. The molecule has 0 aliphatic heterocycles. The highest BCUT2D eigenvalue weighted by molar-refractivity contribution is 9.11. The molecule has 0 aliphatic rings. The van der Waals surface area contributed by atoms with E-state index in [4.69, 9.17) is 5.73 Å². The van der Waals surface area contributed by atoms with Crippen LogP contribution in [0, 0.1) is 0 Å². The van der Waals surface area contributed by atoms with E-state index in [2.05, 4.69) is 36.8 Å². The normalized spacial score (nSPS) is 10.5. The van der Waals surface area contributed by atoms with Crippen molar-refractivity contribution in [2.45, 2.75) is 0 Å². The van der Waals surface area contributed by atoms with Crippen molar-refractivity contribution in [3.05, 3.63) is 26.5 Å². The number of hydrogen-bond acceptors (Lipinski definition) is 4. The van der Waals surface area contributed by atoms with Gasteiger partial charge < -0.3 is 10.8 Å². The number of aromatic hydroxyl groups is 1. The molecule has 2 aromatic rings. The predicted molar refractivity (Wildman–Crippen MR) is 69.0 cm³/mol. The van der Waals surface area contributed by atoms with Crippen molar-refractivity contribution in [2.75, 3.05) is 5.73 Å². The number of benzene rings is 1. The quantitative estimate of drug-likeness (QED) is 0.826. The molecule has 0 spiro atoms. The number of nitrogen functional groups attached to an aromatic ring is 1. The van der Waals surface area contributed by atoms with E-state index in [1.165, 1.54) is 11.3 Å². The van der Waals surface area contributed by atoms with Gasteiger partial charge in [-0.1, -0.05) is 15.9 Å². The first kappa shape index (κ1) is 10.9. The second-order valence-electron chi connectivity index (χ2n) is 2.85. The first-order valence-corrected chi connectivity index (χ1v) is 6.44. The molecule has 3 nitrogen and oxygen atoms in total. The molecule has 1 aromatic carbocycles. The number of phenols is 1. The Bertz CT molecular complexity index is 513. The summed E-state index contributed by atoms with van der Waals surface area (Å²) in [6, 6.07) is 3.57. The number of nitrogens with two attached hydrogens (primary N) is 1. The van der Waals surface area contributed by atoms with E-state index in [1.54, 1.807) is 12.1 Å². The lowest BCUT2D eigenvalue weighted by molar-refractivity contribution is 0.473. The smallest absolute Gasteiger partial charge is 0.180 e. The number of halogens is 2. The monoisotopic (exact) mass is 348 g/mol. The van der Waals surface area contributed by atoms with Crippen molar-refractivity contribution in [3.8, 4) is 17.0 Å². The van der Waals surface area contributed by atoms with Crippen LogP contribution in [0.3, 0.4) is 0 Å². The molecule has 0 aliphatic carbocycles. The van der Waals surface area contributed by atoms with Crippen molar-refractivity contribution in [1.82, 2.24) is 4.98 Å². The van der Waals surface area contributed by atoms with Gasteiger partial charge in [0.15, 0.2) is 5.13 Å². The van der Waals surface area contributed by atoms with Gasteiger partial charge in [0, 0.05) is 15.4 Å². The second kappa shape index (κ2) is 4.11. The molecule has 78 valence electrons. The van der Waals surface area contributed by atoms with Gasteiger partial charge in [0.1, 0.15) is 5.75 Å². The largest absolute Gasteiger partial charge is 0.506 e. The lowest BCUT2D eigenvalue weighted by Crippen LogP contribution is -1.84. The summed E-state index contributed by atoms with van der Waals surface area (Å²) in [4.78, 5) is 4.12. The Morgan fingerprint density at radius 1 is 1.33 bits per heavy atom. The Balaban J connectivity index is 2.62. The lowest BCUT2D eigenvalue weighted by atomic mass is 10.1. The number of phenolic OH excluding ortho intramolecular Hbond substituents is 1. The van der Waals surface area contributed by atoms with E-state index in [1.807, 2.05) is 5.38 Å². The van der Waals surface area contributed by atoms with Gasteiger partial charge >= 0.3 is 0 Å². The molecule has 2 rings (SSSR count). The second-order valence-corrected chi connectivity index (χ2v) is 5.51. The van der Waals surface area contributed by atoms with Crippen molar-refractivity contribution >= 4 is 48.3 Å². The third-order valence-corrected chi connectivity index (χ3v) is 3.56. The highest BCUT2D eigenvalue weighted by atomic mass is 79.9. The van der Waals surface area contributed by atoms with Crippen LogP contribution in [0.25, 0.3) is 11.3 Å². The maximum atomic E-state index is 9.84. The van der Waals surface area contributed by atoms with Crippen molar-refractivity contribution in [1.29, 1.82) is 0 Å². The molecule has 0 unspecified atom stereocenters. The van der Waals surface area contributed by atoms with Crippen molar-refractivity contribution in [2.24, 2.45) is 0 Å². The summed E-state index contributed by atoms with van der Waals surface area (Å²) >= 11 is 7.96. The Morgan fingerprint density at radius 2 is 2.07 bits per heavy atom. The molecule has 0 saturated heterocycles. The Kier molecular flexibility index (Phi) is 2.99. The third kappa shape index (κ3) is 2.16. The Labute approximate surface area is 107 Å². The van der Waals surface area contributed by atoms with E-state index < -0.39 is 0 Å². The standard InChI is InChI=1S/C9H6Br2N2OS/c10-4-1-5(8(14)6(11)2-4)7-3-15-9(12)13-7/h1-3,14H,(H2,12,13). The fourth-order valence-electron chi connectivity index (χ4n) is 1.17. The average Bonchev–Trinajstić information content (AvgIpc) is 2.58. The minimum absolute atomic E-state index is 0.170. The van der Waals surface area contributed by atoms with Crippen LogP contribution in [0.15, 0.2) is 26.5 Å². The zero-order chi connectivity index (χ0) is 11.0. The number of aromatic nitrogens is 1. The van der Waals surface area contributed by atoms with E-state index in [9.17, 15) is 5.11 Å². The van der Waals surface area contributed by atoms with Gasteiger partial charge in [-0.15, -0.1) is 11.3 Å². The minimum Gasteiger partial charge on any atom is -0.506 e. The van der Waals surface area contributed by atoms with Gasteiger partial charge in [0.2, 0.25) is 0 Å². The molecular formula is C9H6Br2N2OS. The molecule has 6 heteroatoms. The molecule has 1 aromatic heterocycles. The SMILES string of the molecule is Nc1nc(-c2cc(Br)cc(Br)c2O)cs1. The number of rotatable bonds is 1. The highest BCUT2D eigenvalue weighted by Gasteiger charge is 2.11. The molecule has 0 radical (unpaired) electrons. The number of hydrogen-bond donors (Lipinski definition) is 2. The Morgan fingerprint density at radius 3 is 2.67 bits per heavy atom. The van der Waals surface area contributed by atoms with Crippen molar-refractivity contribution in [3.63, 3.8) is 0 Å². The van der Waals surface area contributed by atoms with Crippen LogP contribution in [-0.2, 0) is 0 Å². The van der Waals surface area contributed by atoms with Gasteiger partial charge in [0.05, 0.1) is 10.2 Å². The van der Waals surface area contributed by atoms with Gasteiger partial charge in [0.25, 0.3) is 0 Å². The van der Waals surface area contributed by atoms with Gasteiger partial charge in [-0.25, -0.2) is 4.98 Å². The van der Waals surface area contributed by atoms with E-state index in [-0.39, 0.29) is 5.75 Å². The Hall–Kier alpha value is -0.590. The van der Waals surface area contributed by atoms with Crippen LogP contribution in [0.5, 0.6) is 5.75 Å². The fraction of sp³-hybridized carbons (Fsp3) is 0. The van der Waals surface area contributed by atoms with E-state index in [0.29, 0.717) is 20.9 Å². The van der Waals surface area contributed by atoms with Crippen LogP contribution in [0.2, 0.25) is 0 Å². The molecule has 0 saturated carbocycles. The molecule has 0 fully saturated rings. The zero-order valence-corrected chi connectivity index (χ0v) is 11.4. The number of thiazole rings is 1. The van der Waals surface area contributed by atoms with Gasteiger partial charge in [-0.2, -0.15) is 0 Å². The summed E-state index contributed by atoms with van der Waals surface area (Å²) in [7, 11) is 0. The van der Waals surface area contributed by atoms with Gasteiger partial charge in [-0.3, -0.25) is 0 Å². The average molecular weight is 350 g/mol. The van der Waals surface area contributed by atoms with Crippen LogP contribution in [0.1, 0.15) is 0 Å². The molecule has 3 N–H and O–H groups in total. The van der Waals surface area contributed by atoms with E-state index >= 15 is 0 Å². The zero-order valence-electron chi connectivity index (χ0n) is 7.37. The van der Waals surface area contributed by atoms with Crippen molar-refractivity contribution < 1.29 is 5.11 Å². The molecule has 15 heavy (non-hydrogen) atoms. The van der Waals surface area contributed by atoms with Crippen LogP contribution in [-0.4, -0.2) is 10.1 Å². The number of nitrogens with zero attached hydrogens (tertiary/aromatic N) is 1. The molecule has 0 bridgehead atoms. The summed E-state index contributed by atoms with van der Waals surface area (Å²) in [5.74, 6) is 0.170. The predicted octanol–water partition coefficient (Wildman–Crippen LogP) is 3.62. The summed E-state index contributed by atoms with van der Waals surface area (Å²) in [6.45, 7) is 0. The third-order valence-electron chi connectivity index (χ3n) is 1.83. The van der Waals surface area contributed by atoms with Crippen LogP contribution < -0.4 is 5.73 Å². The molecular weight excluding hydrogens is 344 g/mol. The van der Waals surface area contributed by atoms with E-state index in [0.717, 1.165) is 4.47 Å². The maximum absolute atomic E-state index is 9.84. The van der Waals surface area contributed by atoms with Crippen LogP contribution in [0.4, 0.5) is 5.13 Å². The topological polar surface area (TPSA) is 59.1 Å². The van der Waals surface area contributed by atoms with Crippen LogP contribution >= 0.6 is 43.2 Å². The lowest BCUT2D eigenvalue weighted by Gasteiger charge is -2.04. The summed E-state index contributed by atoms with van der Waals surface area (Å²) < 4.78 is 1.49.